The van der Waals surface area contributed by atoms with Crippen LogP contribution in [-0.2, 0) is 0 Å². The van der Waals surface area contributed by atoms with Crippen molar-refractivity contribution >= 4 is 22.6 Å². The zero-order valence-corrected chi connectivity index (χ0v) is 20.2. The van der Waals surface area contributed by atoms with Crippen molar-refractivity contribution in [3.8, 4) is 39.8 Å². The maximum atomic E-state index is 12.5. The minimum absolute atomic E-state index is 0.124. The van der Waals surface area contributed by atoms with Gasteiger partial charge in [-0.25, -0.2) is 4.98 Å². The zero-order chi connectivity index (χ0) is 25.8. The second kappa shape index (κ2) is 10.3. The normalized spacial score (nSPS) is 10.8. The van der Waals surface area contributed by atoms with Gasteiger partial charge in [0.05, 0.1) is 18.1 Å². The number of imidazole rings is 1. The first-order valence-electron chi connectivity index (χ1n) is 11.8. The quantitative estimate of drug-likeness (QED) is 0.150. The summed E-state index contributed by atoms with van der Waals surface area (Å²) in [4.78, 5) is 20.3. The first-order valence-corrected chi connectivity index (χ1v) is 11.8. The largest absolute Gasteiger partial charge is 0.504 e. The van der Waals surface area contributed by atoms with E-state index in [1.165, 1.54) is 13.2 Å². The van der Waals surface area contributed by atoms with Crippen LogP contribution in [0.5, 0.6) is 17.2 Å². The van der Waals surface area contributed by atoms with Crippen molar-refractivity contribution in [3.05, 3.63) is 90.5 Å². The number of aromatic hydroxyl groups is 2. The third-order valence-electron chi connectivity index (χ3n) is 6.03. The second-order valence-electron chi connectivity index (χ2n) is 8.49. The summed E-state index contributed by atoms with van der Waals surface area (Å²) in [6.45, 7) is 0.995. The summed E-state index contributed by atoms with van der Waals surface area (Å²) in [5.74, 6) is -0.0313. The molecule has 0 radical (unpaired) electrons. The van der Waals surface area contributed by atoms with E-state index in [4.69, 9.17) is 4.74 Å². The molecule has 5 N–H and O–H groups in total. The highest BCUT2D eigenvalue weighted by Crippen LogP contribution is 2.39. The van der Waals surface area contributed by atoms with E-state index in [0.717, 1.165) is 27.8 Å². The van der Waals surface area contributed by atoms with E-state index in [2.05, 4.69) is 20.6 Å². The van der Waals surface area contributed by atoms with E-state index in [1.54, 1.807) is 6.07 Å². The number of amides is 1. The van der Waals surface area contributed by atoms with Gasteiger partial charge in [-0.2, -0.15) is 0 Å². The number of nitrogens with zero attached hydrogens (tertiary/aromatic N) is 1. The van der Waals surface area contributed by atoms with E-state index < -0.39 is 0 Å². The number of aromatic nitrogens is 2. The summed E-state index contributed by atoms with van der Waals surface area (Å²) >= 11 is 0. The van der Waals surface area contributed by atoms with E-state index in [-0.39, 0.29) is 23.2 Å². The topological polar surface area (TPSA) is 120 Å². The van der Waals surface area contributed by atoms with Gasteiger partial charge in [0.15, 0.2) is 11.5 Å². The van der Waals surface area contributed by atoms with Gasteiger partial charge in [-0.15, -0.1) is 0 Å². The Morgan fingerprint density at radius 2 is 1.65 bits per heavy atom. The van der Waals surface area contributed by atoms with Gasteiger partial charge in [-0.3, -0.25) is 4.79 Å². The van der Waals surface area contributed by atoms with Crippen LogP contribution in [0.2, 0.25) is 0 Å². The van der Waals surface area contributed by atoms with Crippen LogP contribution < -0.4 is 15.4 Å². The SMILES string of the molecule is COc1cc(-c2nc3cc(NCCNC(=O)c4ccc(-c5ccccc5)cc4)ccc3[nH]2)cc(O)c1O. The van der Waals surface area contributed by atoms with E-state index in [1.807, 2.05) is 72.8 Å². The predicted molar refractivity (Wildman–Crippen MR) is 144 cm³/mol. The molecule has 0 fully saturated rings. The van der Waals surface area contributed by atoms with Crippen molar-refractivity contribution in [1.82, 2.24) is 15.3 Å². The summed E-state index contributed by atoms with van der Waals surface area (Å²) < 4.78 is 5.11. The third kappa shape index (κ3) is 5.18. The van der Waals surface area contributed by atoms with Crippen LogP contribution in [-0.4, -0.2) is 46.3 Å². The molecule has 1 amide bonds. The van der Waals surface area contributed by atoms with Crippen LogP contribution in [0.4, 0.5) is 5.69 Å². The van der Waals surface area contributed by atoms with E-state index >= 15 is 0 Å². The molecule has 0 atom stereocenters. The summed E-state index contributed by atoms with van der Waals surface area (Å²) in [6, 6.07) is 26.3. The number of rotatable bonds is 8. The van der Waals surface area contributed by atoms with Crippen molar-refractivity contribution in [2.24, 2.45) is 0 Å². The Hall–Kier alpha value is -4.98. The number of benzene rings is 4. The molecule has 1 aromatic heterocycles. The Bertz CT molecular complexity index is 1550. The average Bonchev–Trinajstić information content (AvgIpc) is 3.36. The molecular formula is C29H26N4O4. The van der Waals surface area contributed by atoms with Crippen molar-refractivity contribution in [2.45, 2.75) is 0 Å². The Kier molecular flexibility index (Phi) is 6.63. The summed E-state index contributed by atoms with van der Waals surface area (Å²) in [6.07, 6.45) is 0. The molecule has 0 unspecified atom stereocenters. The van der Waals surface area contributed by atoms with Crippen LogP contribution in [0.15, 0.2) is 84.9 Å². The van der Waals surface area contributed by atoms with Gasteiger partial charge in [0.1, 0.15) is 5.82 Å². The fraction of sp³-hybridized carbons (Fsp3) is 0.103. The molecule has 4 aromatic carbocycles. The number of H-pyrrole nitrogens is 1. The number of carbonyl (C=O) groups is 1. The van der Waals surface area contributed by atoms with Crippen molar-refractivity contribution < 1.29 is 19.7 Å². The summed E-state index contributed by atoms with van der Waals surface area (Å²) in [7, 11) is 1.42. The Balaban J connectivity index is 1.18. The second-order valence-corrected chi connectivity index (χ2v) is 8.49. The molecule has 0 spiro atoms. The standard InChI is InChI=1S/C29H26N4O4/c1-37-26-16-21(15-25(34)27(26)35)28-32-23-12-11-22(17-24(23)33-28)30-13-14-31-29(36)20-9-7-19(8-10-20)18-5-3-2-4-6-18/h2-12,15-17,30,34-35H,13-14H2,1H3,(H,31,36)(H,32,33). The lowest BCUT2D eigenvalue weighted by molar-refractivity contribution is 0.0955. The highest BCUT2D eigenvalue weighted by Gasteiger charge is 2.14. The smallest absolute Gasteiger partial charge is 0.251 e. The van der Waals surface area contributed by atoms with Gasteiger partial charge in [-0.1, -0.05) is 42.5 Å². The number of ether oxygens (including phenoxy) is 1. The fourth-order valence-corrected chi connectivity index (χ4v) is 4.07. The van der Waals surface area contributed by atoms with Crippen molar-refractivity contribution in [2.75, 3.05) is 25.5 Å². The maximum Gasteiger partial charge on any atom is 0.251 e. The average molecular weight is 495 g/mol. The molecule has 186 valence electrons. The Morgan fingerprint density at radius 1 is 0.892 bits per heavy atom. The lowest BCUT2D eigenvalue weighted by Gasteiger charge is -2.09. The zero-order valence-electron chi connectivity index (χ0n) is 20.2. The molecule has 37 heavy (non-hydrogen) atoms. The van der Waals surface area contributed by atoms with Crippen LogP contribution >= 0.6 is 0 Å². The number of hydrogen-bond acceptors (Lipinski definition) is 6. The minimum Gasteiger partial charge on any atom is -0.504 e. The number of anilines is 1. The number of nitrogens with one attached hydrogen (secondary N) is 3. The highest BCUT2D eigenvalue weighted by atomic mass is 16.5. The van der Waals surface area contributed by atoms with Crippen LogP contribution in [0, 0.1) is 0 Å². The Morgan fingerprint density at radius 3 is 2.41 bits per heavy atom. The molecule has 5 rings (SSSR count). The van der Waals surface area contributed by atoms with E-state index in [9.17, 15) is 15.0 Å². The molecule has 0 bridgehead atoms. The molecule has 0 aliphatic heterocycles. The molecule has 1 heterocycles. The third-order valence-corrected chi connectivity index (χ3v) is 6.03. The molecule has 0 saturated carbocycles. The highest BCUT2D eigenvalue weighted by molar-refractivity contribution is 5.94. The maximum absolute atomic E-state index is 12.5. The summed E-state index contributed by atoms with van der Waals surface area (Å²) in [5.41, 5.74) is 5.78. The number of methoxy groups -OCH3 is 1. The van der Waals surface area contributed by atoms with Crippen LogP contribution in [0.25, 0.3) is 33.5 Å². The molecule has 5 aromatic rings. The lowest BCUT2D eigenvalue weighted by atomic mass is 10.0. The predicted octanol–water partition coefficient (Wildman–Crippen LogP) is 5.16. The fourth-order valence-electron chi connectivity index (χ4n) is 4.07. The van der Waals surface area contributed by atoms with Crippen LogP contribution in [0.1, 0.15) is 10.4 Å². The number of phenols is 2. The monoisotopic (exact) mass is 494 g/mol. The molecule has 8 heteroatoms. The molecule has 0 aliphatic rings. The summed E-state index contributed by atoms with van der Waals surface area (Å²) in [5, 5.41) is 26.1. The minimum atomic E-state index is -0.315. The first kappa shape index (κ1) is 23.7. The number of aromatic amines is 1. The van der Waals surface area contributed by atoms with Gasteiger partial charge < -0.3 is 30.6 Å². The number of carbonyl (C=O) groups excluding carboxylic acids is 1. The van der Waals surface area contributed by atoms with Gasteiger partial charge in [-0.05, 0) is 53.6 Å². The molecule has 0 aliphatic carbocycles. The molecule has 8 nitrogen and oxygen atoms in total. The lowest BCUT2D eigenvalue weighted by Crippen LogP contribution is -2.28. The Labute approximate surface area is 213 Å². The van der Waals surface area contributed by atoms with Crippen molar-refractivity contribution in [3.63, 3.8) is 0 Å². The number of fused-ring (bicyclic) bond motifs is 1. The van der Waals surface area contributed by atoms with Gasteiger partial charge in [0.2, 0.25) is 5.75 Å². The number of hydrogen-bond donors (Lipinski definition) is 5. The molecule has 0 saturated heterocycles. The van der Waals surface area contributed by atoms with E-state index in [0.29, 0.717) is 30.0 Å². The van der Waals surface area contributed by atoms with Gasteiger partial charge in [0, 0.05) is 29.9 Å². The van der Waals surface area contributed by atoms with Crippen molar-refractivity contribution in [1.29, 1.82) is 0 Å². The van der Waals surface area contributed by atoms with Gasteiger partial charge in [0.25, 0.3) is 5.91 Å². The molecular weight excluding hydrogens is 468 g/mol. The van der Waals surface area contributed by atoms with Crippen LogP contribution in [0.3, 0.4) is 0 Å². The number of phenolic OH excluding ortho intramolecular Hbond substituents is 2. The first-order chi connectivity index (χ1) is 18.0. The van der Waals surface area contributed by atoms with Gasteiger partial charge >= 0.3 is 0 Å².